The van der Waals surface area contributed by atoms with Crippen molar-refractivity contribution in [3.05, 3.63) is 88.1 Å². The second kappa shape index (κ2) is 5.86. The average Bonchev–Trinajstić information content (AvgIpc) is 3.33. The first-order chi connectivity index (χ1) is 13.1. The summed E-state index contributed by atoms with van der Waals surface area (Å²) in [6.45, 7) is 2.03. The third kappa shape index (κ3) is 2.39. The van der Waals surface area contributed by atoms with Gasteiger partial charge in [0.1, 0.15) is 0 Å². The van der Waals surface area contributed by atoms with Gasteiger partial charge < -0.3 is 0 Å². The summed E-state index contributed by atoms with van der Waals surface area (Å²) in [6, 6.07) is 15.0. The summed E-state index contributed by atoms with van der Waals surface area (Å²) in [5.41, 5.74) is 4.77. The molecule has 0 aliphatic heterocycles. The molecule has 0 atom stereocenters. The first-order valence-corrected chi connectivity index (χ1v) is 9.44. The highest BCUT2D eigenvalue weighted by Crippen LogP contribution is 2.32. The van der Waals surface area contributed by atoms with E-state index in [1.807, 2.05) is 47.2 Å². The Labute approximate surface area is 159 Å². The molecule has 2 aromatic heterocycles. The topological polar surface area (TPSA) is 51.4 Å². The van der Waals surface area contributed by atoms with Crippen LogP contribution in [0.25, 0.3) is 22.3 Å². The van der Waals surface area contributed by atoms with Crippen LogP contribution in [0.5, 0.6) is 0 Å². The number of ketones is 2. The van der Waals surface area contributed by atoms with Crippen molar-refractivity contribution in [1.82, 2.24) is 9.38 Å². The van der Waals surface area contributed by atoms with Gasteiger partial charge in [-0.15, -0.1) is 11.3 Å². The van der Waals surface area contributed by atoms with Gasteiger partial charge >= 0.3 is 0 Å². The van der Waals surface area contributed by atoms with Gasteiger partial charge in [-0.25, -0.2) is 4.98 Å². The predicted octanol–water partition coefficient (Wildman–Crippen LogP) is 4.83. The number of carbonyl (C=O) groups is 2. The van der Waals surface area contributed by atoms with Crippen LogP contribution in [0.3, 0.4) is 0 Å². The smallest absolute Gasteiger partial charge is 0.197 e. The number of aryl methyl sites for hydroxylation is 1. The molecule has 27 heavy (non-hydrogen) atoms. The van der Waals surface area contributed by atoms with Crippen molar-refractivity contribution in [3.8, 4) is 11.3 Å². The molecule has 0 saturated carbocycles. The van der Waals surface area contributed by atoms with Crippen LogP contribution < -0.4 is 0 Å². The molecule has 0 spiro atoms. The van der Waals surface area contributed by atoms with E-state index >= 15 is 0 Å². The quantitative estimate of drug-likeness (QED) is 0.375. The number of nitrogens with zero attached hydrogens (tertiary/aromatic N) is 2. The maximum absolute atomic E-state index is 12.8. The Bertz CT molecular complexity index is 1220. The maximum atomic E-state index is 12.8. The number of allylic oxidation sites excluding steroid dienone is 1. The first-order valence-electron chi connectivity index (χ1n) is 8.56. The lowest BCUT2D eigenvalue weighted by molar-refractivity contribution is 0.0990. The molecule has 0 radical (unpaired) electrons. The van der Waals surface area contributed by atoms with Crippen LogP contribution in [0.2, 0.25) is 0 Å². The molecule has 130 valence electrons. The summed E-state index contributed by atoms with van der Waals surface area (Å²) in [6.07, 6.45) is 3.60. The summed E-state index contributed by atoms with van der Waals surface area (Å²) < 4.78 is 1.93. The Morgan fingerprint density at radius 3 is 2.30 bits per heavy atom. The minimum atomic E-state index is -0.226. The van der Waals surface area contributed by atoms with Crippen LogP contribution in [0.1, 0.15) is 32.0 Å². The zero-order chi connectivity index (χ0) is 18.5. The zero-order valence-electron chi connectivity index (χ0n) is 14.5. The second-order valence-electron chi connectivity index (χ2n) is 6.53. The average molecular weight is 370 g/mol. The molecule has 2 aromatic carbocycles. The molecule has 0 saturated heterocycles. The lowest BCUT2D eigenvalue weighted by Gasteiger charge is -2.02. The summed E-state index contributed by atoms with van der Waals surface area (Å²) >= 11 is 1.52. The van der Waals surface area contributed by atoms with E-state index in [0.29, 0.717) is 11.1 Å². The molecule has 2 heterocycles. The minimum absolute atomic E-state index is 0.192. The number of fused-ring (bicyclic) bond motifs is 2. The van der Waals surface area contributed by atoms with Crippen LogP contribution in [0.4, 0.5) is 0 Å². The summed E-state index contributed by atoms with van der Waals surface area (Å²) in [4.78, 5) is 31.1. The number of imidazole rings is 1. The van der Waals surface area contributed by atoms with Gasteiger partial charge in [0.25, 0.3) is 0 Å². The Balaban J connectivity index is 1.72. The summed E-state index contributed by atoms with van der Waals surface area (Å²) in [7, 11) is 0. The normalized spacial score (nSPS) is 13.4. The SMILES string of the molecule is Cc1ccc(-c2nc3sccn3c2C=C2C(=O)c3ccccc3C2=O)cc1. The summed E-state index contributed by atoms with van der Waals surface area (Å²) in [5.74, 6) is -0.453. The molecule has 0 unspecified atom stereocenters. The van der Waals surface area contributed by atoms with E-state index in [1.165, 1.54) is 11.3 Å². The molecule has 5 rings (SSSR count). The van der Waals surface area contributed by atoms with Gasteiger partial charge in [0.2, 0.25) is 0 Å². The van der Waals surface area contributed by atoms with Crippen molar-refractivity contribution in [2.75, 3.05) is 0 Å². The molecule has 5 heteroatoms. The van der Waals surface area contributed by atoms with E-state index in [9.17, 15) is 9.59 Å². The molecule has 1 aliphatic rings. The summed E-state index contributed by atoms with van der Waals surface area (Å²) in [5, 5.41) is 1.94. The van der Waals surface area contributed by atoms with E-state index in [1.54, 1.807) is 30.3 Å². The fourth-order valence-electron chi connectivity index (χ4n) is 3.41. The predicted molar refractivity (Wildman–Crippen MR) is 106 cm³/mol. The lowest BCUT2D eigenvalue weighted by atomic mass is 10.0. The third-order valence-electron chi connectivity index (χ3n) is 4.81. The van der Waals surface area contributed by atoms with Gasteiger partial charge in [0.05, 0.1) is 17.0 Å². The number of benzene rings is 2. The van der Waals surface area contributed by atoms with Crippen LogP contribution in [0.15, 0.2) is 65.7 Å². The number of thiazole rings is 1. The van der Waals surface area contributed by atoms with Crippen molar-refractivity contribution >= 4 is 33.9 Å². The molecule has 0 amide bonds. The van der Waals surface area contributed by atoms with Crippen molar-refractivity contribution in [1.29, 1.82) is 0 Å². The zero-order valence-corrected chi connectivity index (χ0v) is 15.3. The Kier molecular flexibility index (Phi) is 3.45. The molecular formula is C22H14N2O2S. The monoisotopic (exact) mass is 370 g/mol. The number of Topliss-reactive ketones (excluding diaryl/α,β-unsaturated/α-hetero) is 2. The van der Waals surface area contributed by atoms with Crippen molar-refractivity contribution < 1.29 is 9.59 Å². The second-order valence-corrected chi connectivity index (χ2v) is 7.40. The minimum Gasteiger partial charge on any atom is -0.290 e. The fraction of sp³-hybridized carbons (Fsp3) is 0.0455. The molecule has 4 nitrogen and oxygen atoms in total. The van der Waals surface area contributed by atoms with E-state index in [2.05, 4.69) is 0 Å². The highest BCUT2D eigenvalue weighted by Gasteiger charge is 2.33. The van der Waals surface area contributed by atoms with Crippen LogP contribution in [-0.2, 0) is 0 Å². The molecule has 0 fully saturated rings. The van der Waals surface area contributed by atoms with Crippen LogP contribution in [0, 0.1) is 6.92 Å². The van der Waals surface area contributed by atoms with Crippen molar-refractivity contribution in [3.63, 3.8) is 0 Å². The third-order valence-corrected chi connectivity index (χ3v) is 5.57. The largest absolute Gasteiger partial charge is 0.290 e. The van der Waals surface area contributed by atoms with E-state index in [-0.39, 0.29) is 17.1 Å². The highest BCUT2D eigenvalue weighted by molar-refractivity contribution is 7.15. The van der Waals surface area contributed by atoms with Gasteiger partial charge in [0, 0.05) is 28.3 Å². The van der Waals surface area contributed by atoms with Gasteiger partial charge in [0.15, 0.2) is 16.5 Å². The van der Waals surface area contributed by atoms with Crippen LogP contribution >= 0.6 is 11.3 Å². The number of carbonyl (C=O) groups excluding carboxylic acids is 2. The lowest BCUT2D eigenvalue weighted by Crippen LogP contribution is -2.01. The maximum Gasteiger partial charge on any atom is 0.197 e. The molecule has 1 aliphatic carbocycles. The van der Waals surface area contributed by atoms with Crippen LogP contribution in [-0.4, -0.2) is 21.0 Å². The highest BCUT2D eigenvalue weighted by atomic mass is 32.1. The van der Waals surface area contributed by atoms with Gasteiger partial charge in [-0.05, 0) is 13.0 Å². The molecule has 4 aromatic rings. The van der Waals surface area contributed by atoms with Crippen molar-refractivity contribution in [2.45, 2.75) is 6.92 Å². The number of hydrogen-bond acceptors (Lipinski definition) is 4. The Hall–Kier alpha value is -3.31. The number of rotatable bonds is 2. The number of hydrogen-bond donors (Lipinski definition) is 0. The molecule has 0 N–H and O–H groups in total. The fourth-order valence-corrected chi connectivity index (χ4v) is 4.13. The van der Waals surface area contributed by atoms with Crippen molar-refractivity contribution in [2.24, 2.45) is 0 Å². The first kappa shape index (κ1) is 15.9. The van der Waals surface area contributed by atoms with E-state index in [4.69, 9.17) is 4.98 Å². The molecular weight excluding hydrogens is 356 g/mol. The molecule has 0 bridgehead atoms. The van der Waals surface area contributed by atoms with E-state index in [0.717, 1.165) is 27.5 Å². The Morgan fingerprint density at radius 1 is 0.963 bits per heavy atom. The Morgan fingerprint density at radius 2 is 1.63 bits per heavy atom. The standard InChI is InChI=1S/C22H14N2O2S/c1-13-6-8-14(9-7-13)19-18(24-10-11-27-22(24)23-19)12-17-20(25)15-4-2-3-5-16(15)21(17)26/h2-12H,1H3. The number of aromatic nitrogens is 2. The van der Waals surface area contributed by atoms with Gasteiger partial charge in [-0.2, -0.15) is 0 Å². The van der Waals surface area contributed by atoms with E-state index < -0.39 is 0 Å². The van der Waals surface area contributed by atoms with Gasteiger partial charge in [-0.1, -0.05) is 54.1 Å². The van der Waals surface area contributed by atoms with Gasteiger partial charge in [-0.3, -0.25) is 14.0 Å².